The summed E-state index contributed by atoms with van der Waals surface area (Å²) >= 11 is 0. The number of anilines is 2. The highest BCUT2D eigenvalue weighted by molar-refractivity contribution is 5.96. The van der Waals surface area contributed by atoms with Crippen molar-refractivity contribution in [2.75, 3.05) is 23.7 Å². The molecule has 0 spiro atoms. The minimum absolute atomic E-state index is 0.00785. The van der Waals surface area contributed by atoms with Crippen LogP contribution in [0.25, 0.3) is 0 Å². The predicted molar refractivity (Wildman–Crippen MR) is 100 cm³/mol. The Balaban J connectivity index is 3.06. The number of aromatic amines is 1. The number of rotatable bonds is 8. The van der Waals surface area contributed by atoms with E-state index in [1.165, 1.54) is 9.47 Å². The first-order chi connectivity index (χ1) is 12.2. The molecule has 0 radical (unpaired) electrons. The van der Waals surface area contributed by atoms with Gasteiger partial charge in [-0.2, -0.15) is 0 Å². The number of nitrogens with one attached hydrogen (secondary N) is 3. The molecule has 146 valence electrons. The van der Waals surface area contributed by atoms with Crippen LogP contribution in [0.15, 0.2) is 9.59 Å². The van der Waals surface area contributed by atoms with E-state index in [9.17, 15) is 19.2 Å². The van der Waals surface area contributed by atoms with Gasteiger partial charge in [0.1, 0.15) is 11.5 Å². The minimum atomic E-state index is -0.665. The van der Waals surface area contributed by atoms with Crippen LogP contribution in [0.1, 0.15) is 40.5 Å². The smallest absolute Gasteiger partial charge is 0.330 e. The molecular weight excluding hydrogens is 340 g/mol. The summed E-state index contributed by atoms with van der Waals surface area (Å²) in [6.07, 6.45) is 1.57. The van der Waals surface area contributed by atoms with Crippen LogP contribution in [-0.4, -0.2) is 40.6 Å². The topological polar surface area (TPSA) is 142 Å². The summed E-state index contributed by atoms with van der Waals surface area (Å²) < 4.78 is 1.28. The third kappa shape index (κ3) is 5.64. The lowest BCUT2D eigenvalue weighted by Crippen LogP contribution is -2.47. The van der Waals surface area contributed by atoms with E-state index in [1.807, 2.05) is 6.92 Å². The van der Waals surface area contributed by atoms with Gasteiger partial charge in [-0.3, -0.25) is 24.5 Å². The SMILES string of the molecule is CCCCn1c(N)c(N(CC)CC(=O)NC(=O)NC(C)C)c(=O)[nH]c1=O. The number of hydrogen-bond donors (Lipinski definition) is 4. The molecule has 0 saturated carbocycles. The van der Waals surface area contributed by atoms with Gasteiger partial charge in [-0.25, -0.2) is 9.59 Å². The van der Waals surface area contributed by atoms with Crippen molar-refractivity contribution >= 4 is 23.4 Å². The van der Waals surface area contributed by atoms with Crippen LogP contribution in [0.3, 0.4) is 0 Å². The van der Waals surface area contributed by atoms with Gasteiger partial charge in [-0.15, -0.1) is 0 Å². The molecule has 10 nitrogen and oxygen atoms in total. The number of carbonyl (C=O) groups is 2. The fourth-order valence-electron chi connectivity index (χ4n) is 2.41. The van der Waals surface area contributed by atoms with Crippen LogP contribution in [-0.2, 0) is 11.3 Å². The van der Waals surface area contributed by atoms with Gasteiger partial charge in [0.05, 0.1) is 6.54 Å². The lowest BCUT2D eigenvalue weighted by Gasteiger charge is -2.24. The summed E-state index contributed by atoms with van der Waals surface area (Å²) in [5.74, 6) is -0.580. The van der Waals surface area contributed by atoms with Gasteiger partial charge in [0, 0.05) is 19.1 Å². The van der Waals surface area contributed by atoms with Crippen molar-refractivity contribution in [2.45, 2.75) is 53.1 Å². The summed E-state index contributed by atoms with van der Waals surface area (Å²) in [5.41, 5.74) is 4.83. The first kappa shape index (κ1) is 21.3. The molecule has 26 heavy (non-hydrogen) atoms. The average Bonchev–Trinajstić information content (AvgIpc) is 2.52. The van der Waals surface area contributed by atoms with Gasteiger partial charge < -0.3 is 16.0 Å². The second kappa shape index (κ2) is 9.64. The number of urea groups is 1. The second-order valence-corrected chi connectivity index (χ2v) is 6.19. The largest absolute Gasteiger partial charge is 0.383 e. The van der Waals surface area contributed by atoms with Crippen LogP contribution in [0, 0.1) is 0 Å². The van der Waals surface area contributed by atoms with Gasteiger partial charge >= 0.3 is 11.7 Å². The summed E-state index contributed by atoms with van der Waals surface area (Å²) in [5, 5.41) is 4.73. The fraction of sp³-hybridized carbons (Fsp3) is 0.625. The highest BCUT2D eigenvalue weighted by atomic mass is 16.2. The maximum absolute atomic E-state index is 12.2. The number of likely N-dealkylation sites (N-methyl/N-ethyl adjacent to an activating group) is 1. The summed E-state index contributed by atoms with van der Waals surface area (Å²) in [4.78, 5) is 51.6. The Morgan fingerprint density at radius 3 is 2.46 bits per heavy atom. The molecule has 0 bridgehead atoms. The molecule has 0 atom stereocenters. The van der Waals surface area contributed by atoms with E-state index in [0.717, 1.165) is 12.8 Å². The van der Waals surface area contributed by atoms with Gasteiger partial charge in [0.15, 0.2) is 0 Å². The highest BCUT2D eigenvalue weighted by Gasteiger charge is 2.20. The predicted octanol–water partition coefficient (Wildman–Crippen LogP) is -0.0206. The molecule has 1 aromatic rings. The van der Waals surface area contributed by atoms with E-state index < -0.39 is 23.2 Å². The van der Waals surface area contributed by atoms with E-state index in [1.54, 1.807) is 20.8 Å². The molecule has 0 aromatic carbocycles. The molecule has 0 unspecified atom stereocenters. The zero-order valence-corrected chi connectivity index (χ0v) is 15.7. The second-order valence-electron chi connectivity index (χ2n) is 6.19. The molecule has 5 N–H and O–H groups in total. The van der Waals surface area contributed by atoms with Gasteiger partial charge in [-0.1, -0.05) is 13.3 Å². The standard InChI is InChI=1S/C16H28N6O4/c1-5-7-8-22-13(17)12(14(24)20-16(22)26)21(6-2)9-11(23)19-15(25)18-10(3)4/h10H,5-9,17H2,1-4H3,(H,20,24,26)(H2,18,19,23,25). The molecule has 0 fully saturated rings. The number of unbranched alkanes of at least 4 members (excludes halogenated alkanes) is 1. The molecule has 0 aliphatic heterocycles. The monoisotopic (exact) mass is 368 g/mol. The molecular formula is C16H28N6O4. The number of imide groups is 1. The quantitative estimate of drug-likeness (QED) is 0.508. The molecule has 0 aliphatic carbocycles. The molecule has 10 heteroatoms. The van der Waals surface area contributed by atoms with Crippen molar-refractivity contribution in [1.82, 2.24) is 20.2 Å². The van der Waals surface area contributed by atoms with Gasteiger partial charge in [-0.05, 0) is 27.2 Å². The number of nitrogens with zero attached hydrogens (tertiary/aromatic N) is 2. The Morgan fingerprint density at radius 1 is 1.27 bits per heavy atom. The lowest BCUT2D eigenvalue weighted by molar-refractivity contribution is -0.118. The van der Waals surface area contributed by atoms with Crippen molar-refractivity contribution in [3.8, 4) is 0 Å². The molecule has 1 heterocycles. The summed E-state index contributed by atoms with van der Waals surface area (Å²) in [6, 6.07) is -0.735. The summed E-state index contributed by atoms with van der Waals surface area (Å²) in [7, 11) is 0. The molecule has 3 amide bonds. The van der Waals surface area contributed by atoms with E-state index in [2.05, 4.69) is 15.6 Å². The number of hydrogen-bond acceptors (Lipinski definition) is 6. The summed E-state index contributed by atoms with van der Waals surface area (Å²) in [6.45, 7) is 7.65. The van der Waals surface area contributed by atoms with Crippen molar-refractivity contribution in [1.29, 1.82) is 0 Å². The Hall–Kier alpha value is -2.78. The third-order valence-electron chi connectivity index (χ3n) is 3.65. The van der Waals surface area contributed by atoms with E-state index >= 15 is 0 Å². The number of aromatic nitrogens is 2. The molecule has 0 saturated heterocycles. The highest BCUT2D eigenvalue weighted by Crippen LogP contribution is 2.16. The van der Waals surface area contributed by atoms with Crippen LogP contribution in [0.5, 0.6) is 0 Å². The van der Waals surface area contributed by atoms with Crippen molar-refractivity contribution in [2.24, 2.45) is 0 Å². The Bertz CT molecular complexity index is 752. The maximum Gasteiger partial charge on any atom is 0.330 e. The minimum Gasteiger partial charge on any atom is -0.383 e. The van der Waals surface area contributed by atoms with E-state index in [4.69, 9.17) is 5.73 Å². The molecule has 0 aliphatic rings. The first-order valence-electron chi connectivity index (χ1n) is 8.69. The van der Waals surface area contributed by atoms with Crippen LogP contribution >= 0.6 is 0 Å². The fourth-order valence-corrected chi connectivity index (χ4v) is 2.41. The number of nitrogens with two attached hydrogens (primary N) is 1. The number of carbonyl (C=O) groups excluding carboxylic acids is 2. The Kier molecular flexibility index (Phi) is 7.88. The van der Waals surface area contributed by atoms with Crippen molar-refractivity contribution < 1.29 is 9.59 Å². The van der Waals surface area contributed by atoms with Crippen LogP contribution in [0.2, 0.25) is 0 Å². The average molecular weight is 368 g/mol. The van der Waals surface area contributed by atoms with Gasteiger partial charge in [0.25, 0.3) is 5.56 Å². The van der Waals surface area contributed by atoms with Crippen molar-refractivity contribution in [3.05, 3.63) is 20.8 Å². The zero-order valence-electron chi connectivity index (χ0n) is 15.7. The zero-order chi connectivity index (χ0) is 19.9. The Morgan fingerprint density at radius 2 is 1.92 bits per heavy atom. The van der Waals surface area contributed by atoms with E-state index in [-0.39, 0.29) is 24.1 Å². The number of H-pyrrole nitrogens is 1. The number of amides is 3. The van der Waals surface area contributed by atoms with E-state index in [0.29, 0.717) is 13.1 Å². The number of nitrogen functional groups attached to an aromatic ring is 1. The molecule has 1 aromatic heterocycles. The van der Waals surface area contributed by atoms with Crippen LogP contribution < -0.4 is 32.5 Å². The normalized spacial score (nSPS) is 10.7. The lowest BCUT2D eigenvalue weighted by atomic mass is 10.3. The van der Waals surface area contributed by atoms with Crippen LogP contribution in [0.4, 0.5) is 16.3 Å². The third-order valence-corrected chi connectivity index (χ3v) is 3.65. The first-order valence-corrected chi connectivity index (χ1v) is 8.69. The van der Waals surface area contributed by atoms with Gasteiger partial charge in [0.2, 0.25) is 5.91 Å². The maximum atomic E-state index is 12.2. The molecule has 1 rings (SSSR count). The Labute approximate surface area is 151 Å². The van der Waals surface area contributed by atoms with Crippen molar-refractivity contribution in [3.63, 3.8) is 0 Å².